The molecule has 0 radical (unpaired) electrons. The van der Waals surface area contributed by atoms with Gasteiger partial charge in [-0.3, -0.25) is 4.79 Å². The molecule has 1 aromatic heterocycles. The number of nitrogens with one attached hydrogen (secondary N) is 1. The lowest BCUT2D eigenvalue weighted by Gasteiger charge is -2.19. The number of carbonyl (C=O) groups is 1. The molecule has 0 unspecified atom stereocenters. The molecule has 1 amide bonds. The van der Waals surface area contributed by atoms with E-state index in [1.807, 2.05) is 26.0 Å². The highest BCUT2D eigenvalue weighted by Gasteiger charge is 2.20. The molecule has 1 heterocycles. The van der Waals surface area contributed by atoms with Crippen molar-refractivity contribution >= 4 is 22.6 Å². The molecule has 1 atom stereocenters. The number of nitrogens with two attached hydrogens (primary N) is 1. The molecule has 146 valence electrons. The molecule has 3 rings (SSSR count). The molecule has 0 saturated heterocycles. The number of amides is 1. The molecule has 7 heteroatoms. The van der Waals surface area contributed by atoms with E-state index in [2.05, 4.69) is 15.3 Å². The number of halogens is 1. The van der Waals surface area contributed by atoms with Gasteiger partial charge in [0.05, 0.1) is 7.11 Å². The van der Waals surface area contributed by atoms with Gasteiger partial charge in [0.1, 0.15) is 35.3 Å². The summed E-state index contributed by atoms with van der Waals surface area (Å²) in [4.78, 5) is 20.5. The third kappa shape index (κ3) is 4.19. The molecule has 6 nitrogen and oxygen atoms in total. The summed E-state index contributed by atoms with van der Waals surface area (Å²) < 4.78 is 18.8. The lowest BCUT2D eigenvalue weighted by atomic mass is 10.0. The average molecular weight is 382 g/mol. The van der Waals surface area contributed by atoms with Crippen LogP contribution in [0.5, 0.6) is 5.75 Å². The molecule has 0 saturated carbocycles. The highest BCUT2D eigenvalue weighted by atomic mass is 19.1. The first kappa shape index (κ1) is 19.5. The Bertz CT molecular complexity index is 990. The maximum absolute atomic E-state index is 13.3. The van der Waals surface area contributed by atoms with Crippen LogP contribution in [0.4, 0.5) is 10.2 Å². The van der Waals surface area contributed by atoms with Crippen molar-refractivity contribution < 1.29 is 13.9 Å². The van der Waals surface area contributed by atoms with Crippen molar-refractivity contribution in [3.05, 3.63) is 48.5 Å². The number of fused-ring (bicyclic) bond motifs is 1. The Hall–Kier alpha value is -3.22. The quantitative estimate of drug-likeness (QED) is 0.649. The summed E-state index contributed by atoms with van der Waals surface area (Å²) in [5, 5.41) is 3.84. The third-order valence-electron chi connectivity index (χ3n) is 4.46. The van der Waals surface area contributed by atoms with Gasteiger partial charge in [-0.2, -0.15) is 0 Å². The number of hydrogen-bond acceptors (Lipinski definition) is 5. The predicted molar refractivity (Wildman–Crippen MR) is 108 cm³/mol. The largest absolute Gasteiger partial charge is 0.494 e. The number of primary amides is 1. The monoisotopic (exact) mass is 382 g/mol. The van der Waals surface area contributed by atoms with Crippen molar-refractivity contribution in [1.29, 1.82) is 0 Å². The number of ether oxygens (including phenoxy) is 1. The summed E-state index contributed by atoms with van der Waals surface area (Å²) in [6.07, 6.45) is 1.99. The molecule has 0 bridgehead atoms. The van der Waals surface area contributed by atoms with E-state index in [0.717, 1.165) is 11.1 Å². The van der Waals surface area contributed by atoms with E-state index in [4.69, 9.17) is 10.5 Å². The lowest BCUT2D eigenvalue weighted by Crippen LogP contribution is -2.36. The second kappa shape index (κ2) is 8.21. The second-order valence-electron chi connectivity index (χ2n) is 7.03. The number of rotatable bonds is 7. The normalized spacial score (nSPS) is 12.2. The minimum absolute atomic E-state index is 0.280. The van der Waals surface area contributed by atoms with Gasteiger partial charge in [-0.25, -0.2) is 14.4 Å². The van der Waals surface area contributed by atoms with Gasteiger partial charge < -0.3 is 15.8 Å². The van der Waals surface area contributed by atoms with Crippen LogP contribution in [0.25, 0.3) is 22.0 Å². The number of anilines is 1. The molecule has 2 aromatic carbocycles. The van der Waals surface area contributed by atoms with Crippen molar-refractivity contribution in [2.24, 2.45) is 11.7 Å². The van der Waals surface area contributed by atoms with Gasteiger partial charge in [0.25, 0.3) is 0 Å². The number of methoxy groups -OCH3 is 1. The summed E-state index contributed by atoms with van der Waals surface area (Å²) in [5.41, 5.74) is 7.82. The van der Waals surface area contributed by atoms with Crippen LogP contribution in [-0.2, 0) is 4.79 Å². The summed E-state index contributed by atoms with van der Waals surface area (Å²) in [7, 11) is 1.56. The van der Waals surface area contributed by atoms with E-state index in [1.165, 1.54) is 18.5 Å². The zero-order valence-electron chi connectivity index (χ0n) is 16.1. The number of benzene rings is 2. The fourth-order valence-corrected chi connectivity index (χ4v) is 3.10. The van der Waals surface area contributed by atoms with Crippen LogP contribution >= 0.6 is 0 Å². The van der Waals surface area contributed by atoms with Crippen LogP contribution in [0, 0.1) is 11.7 Å². The van der Waals surface area contributed by atoms with Crippen molar-refractivity contribution in [2.45, 2.75) is 26.3 Å². The molecule has 3 N–H and O–H groups in total. The molecular formula is C21H23FN4O2. The lowest BCUT2D eigenvalue weighted by molar-refractivity contribution is -0.119. The van der Waals surface area contributed by atoms with E-state index in [9.17, 15) is 9.18 Å². The highest BCUT2D eigenvalue weighted by Crippen LogP contribution is 2.34. The van der Waals surface area contributed by atoms with Gasteiger partial charge in [-0.05, 0) is 47.7 Å². The predicted octanol–water partition coefficient (Wildman–Crippen LogP) is 3.76. The van der Waals surface area contributed by atoms with E-state index in [-0.39, 0.29) is 11.7 Å². The fraction of sp³-hybridized carbons (Fsp3) is 0.286. The maximum Gasteiger partial charge on any atom is 0.239 e. The maximum atomic E-state index is 13.3. The number of carbonyl (C=O) groups excluding carboxylic acids is 1. The Morgan fingerprint density at radius 1 is 1.18 bits per heavy atom. The van der Waals surface area contributed by atoms with Crippen LogP contribution in [0.2, 0.25) is 0 Å². The van der Waals surface area contributed by atoms with Crippen LogP contribution in [0.15, 0.2) is 42.7 Å². The molecule has 3 aromatic rings. The number of aromatic nitrogens is 2. The molecule has 0 spiro atoms. The minimum Gasteiger partial charge on any atom is -0.494 e. The van der Waals surface area contributed by atoms with Crippen LogP contribution < -0.4 is 15.8 Å². The average Bonchev–Trinajstić information content (AvgIpc) is 2.67. The summed E-state index contributed by atoms with van der Waals surface area (Å²) in [6.45, 7) is 4.04. The molecular weight excluding hydrogens is 359 g/mol. The topological polar surface area (TPSA) is 90.1 Å². The Balaban J connectivity index is 2.12. The first-order valence-electron chi connectivity index (χ1n) is 9.03. The third-order valence-corrected chi connectivity index (χ3v) is 4.46. The van der Waals surface area contributed by atoms with E-state index < -0.39 is 11.9 Å². The van der Waals surface area contributed by atoms with Gasteiger partial charge in [0.2, 0.25) is 5.91 Å². The number of nitrogens with zero attached hydrogens (tertiary/aromatic N) is 2. The number of hydrogen-bond donors (Lipinski definition) is 2. The van der Waals surface area contributed by atoms with Gasteiger partial charge in [-0.15, -0.1) is 0 Å². The molecule has 0 fully saturated rings. The molecule has 28 heavy (non-hydrogen) atoms. The second-order valence-corrected chi connectivity index (χ2v) is 7.03. The van der Waals surface area contributed by atoms with Crippen LogP contribution in [0.1, 0.15) is 20.3 Å². The van der Waals surface area contributed by atoms with E-state index in [1.54, 1.807) is 19.2 Å². The van der Waals surface area contributed by atoms with Crippen LogP contribution in [0.3, 0.4) is 0 Å². The van der Waals surface area contributed by atoms with E-state index >= 15 is 0 Å². The Kier molecular flexibility index (Phi) is 5.73. The summed E-state index contributed by atoms with van der Waals surface area (Å²) in [6, 6.07) is 9.36. The summed E-state index contributed by atoms with van der Waals surface area (Å²) in [5.74, 6) is 0.586. The van der Waals surface area contributed by atoms with Gasteiger partial charge >= 0.3 is 0 Å². The fourth-order valence-electron chi connectivity index (χ4n) is 3.10. The standard InChI is InChI=1S/C21H23FN4O2/c1-12(2)8-17(20(23)27)26-21-16-9-14(13-4-6-15(22)7-5-13)10-18(28-3)19(16)24-11-25-21/h4-7,9-12,17H,8H2,1-3H3,(H2,23,27)(H,24,25,26)/t17-/m0/s1. The molecule has 0 aliphatic carbocycles. The van der Waals surface area contributed by atoms with Gasteiger partial charge in [0.15, 0.2) is 0 Å². The zero-order chi connectivity index (χ0) is 20.3. The Morgan fingerprint density at radius 2 is 1.89 bits per heavy atom. The highest BCUT2D eigenvalue weighted by molar-refractivity contribution is 5.97. The first-order valence-corrected chi connectivity index (χ1v) is 9.03. The Labute approximate surface area is 162 Å². The van der Waals surface area contributed by atoms with E-state index in [0.29, 0.717) is 28.9 Å². The van der Waals surface area contributed by atoms with Gasteiger partial charge in [-0.1, -0.05) is 26.0 Å². The van der Waals surface area contributed by atoms with Gasteiger partial charge in [0, 0.05) is 5.39 Å². The SMILES string of the molecule is COc1cc(-c2ccc(F)cc2)cc2c(N[C@@H](CC(C)C)C(N)=O)ncnc12. The summed E-state index contributed by atoms with van der Waals surface area (Å²) >= 11 is 0. The van der Waals surface area contributed by atoms with Crippen molar-refractivity contribution in [1.82, 2.24) is 9.97 Å². The molecule has 0 aliphatic heterocycles. The Morgan fingerprint density at radius 3 is 2.50 bits per heavy atom. The van der Waals surface area contributed by atoms with Crippen LogP contribution in [-0.4, -0.2) is 29.0 Å². The van der Waals surface area contributed by atoms with Crippen molar-refractivity contribution in [2.75, 3.05) is 12.4 Å². The first-order chi connectivity index (χ1) is 13.4. The molecule has 0 aliphatic rings. The minimum atomic E-state index is -0.557. The van der Waals surface area contributed by atoms with Crippen molar-refractivity contribution in [3.63, 3.8) is 0 Å². The zero-order valence-corrected chi connectivity index (χ0v) is 16.1. The van der Waals surface area contributed by atoms with Crippen molar-refractivity contribution in [3.8, 4) is 16.9 Å². The smallest absolute Gasteiger partial charge is 0.239 e.